The van der Waals surface area contributed by atoms with Crippen LogP contribution in [-0.2, 0) is 4.79 Å². The number of halogens is 1. The summed E-state index contributed by atoms with van der Waals surface area (Å²) in [5.41, 5.74) is 5.33. The summed E-state index contributed by atoms with van der Waals surface area (Å²) < 4.78 is 17.8. The Morgan fingerprint density at radius 3 is 2.75 bits per heavy atom. The molecule has 2 N–H and O–H groups in total. The van der Waals surface area contributed by atoms with Gasteiger partial charge in [-0.1, -0.05) is 23.7 Å². The number of nitrogens with zero attached hydrogens (tertiary/aromatic N) is 4. The first-order valence-corrected chi connectivity index (χ1v) is 12.2. The van der Waals surface area contributed by atoms with Crippen molar-refractivity contribution < 1.29 is 23.6 Å². The maximum absolute atomic E-state index is 13.5. The van der Waals surface area contributed by atoms with E-state index in [0.717, 1.165) is 4.68 Å². The summed E-state index contributed by atoms with van der Waals surface area (Å²) in [7, 11) is 0. The predicted molar refractivity (Wildman–Crippen MR) is 148 cm³/mol. The molecule has 0 aliphatic rings. The zero-order valence-corrected chi connectivity index (χ0v) is 21.6. The number of amides is 1. The third-order valence-electron chi connectivity index (χ3n) is 5.69. The summed E-state index contributed by atoms with van der Waals surface area (Å²) in [6.07, 6.45) is 1.24. The number of hydrogen-bond acceptors (Lipinski definition) is 9. The second kappa shape index (κ2) is 10.9. The van der Waals surface area contributed by atoms with Crippen LogP contribution in [0.15, 0.2) is 75.0 Å². The normalized spacial score (nSPS) is 11.3. The van der Waals surface area contributed by atoms with Gasteiger partial charge in [0.05, 0.1) is 28.6 Å². The Hall–Kier alpha value is -5.23. The molecule has 2 aromatic heterocycles. The summed E-state index contributed by atoms with van der Waals surface area (Å²) in [5.74, 6) is -0.709. The minimum Gasteiger partial charge on any atom is -0.490 e. The molecule has 40 heavy (non-hydrogen) atoms. The standard InChI is InChI=1S/C27H20ClN5O7/c1-2-38-22-10-15(9-20(33(36)37)25(22)39-14-24(29)34)13-30-32-26(31-19-6-4-3-5-18(19)27(32)35)23-12-16-11-17(28)7-8-21(16)40-23/h3-13H,2,14H2,1H3,(H2,29,34). The molecule has 13 heteroatoms. The Morgan fingerprint density at radius 1 is 1.20 bits per heavy atom. The highest BCUT2D eigenvalue weighted by atomic mass is 35.5. The zero-order valence-electron chi connectivity index (χ0n) is 20.9. The van der Waals surface area contributed by atoms with E-state index in [9.17, 15) is 19.7 Å². The van der Waals surface area contributed by atoms with E-state index in [4.69, 9.17) is 31.2 Å². The molecule has 202 valence electrons. The van der Waals surface area contributed by atoms with E-state index in [2.05, 4.69) is 10.1 Å². The van der Waals surface area contributed by atoms with Crippen LogP contribution in [0.1, 0.15) is 12.5 Å². The number of fused-ring (bicyclic) bond motifs is 2. The Bertz CT molecular complexity index is 1880. The molecule has 0 saturated carbocycles. The van der Waals surface area contributed by atoms with Crippen LogP contribution in [0.5, 0.6) is 11.5 Å². The second-order valence-corrected chi connectivity index (χ2v) is 8.86. The van der Waals surface area contributed by atoms with Crippen LogP contribution in [0, 0.1) is 10.1 Å². The fraction of sp³-hybridized carbons (Fsp3) is 0.111. The fourth-order valence-corrected chi connectivity index (χ4v) is 4.19. The van der Waals surface area contributed by atoms with Crippen molar-refractivity contribution in [1.82, 2.24) is 9.66 Å². The summed E-state index contributed by atoms with van der Waals surface area (Å²) in [6.45, 7) is 1.25. The maximum atomic E-state index is 13.5. The van der Waals surface area contributed by atoms with Gasteiger partial charge >= 0.3 is 5.69 Å². The van der Waals surface area contributed by atoms with Crippen LogP contribution in [0.4, 0.5) is 5.69 Å². The first-order valence-electron chi connectivity index (χ1n) is 11.9. The Morgan fingerprint density at radius 2 is 2.00 bits per heavy atom. The molecule has 0 radical (unpaired) electrons. The van der Waals surface area contributed by atoms with Gasteiger partial charge in [0, 0.05) is 22.0 Å². The average molecular weight is 562 g/mol. The molecule has 0 fully saturated rings. The van der Waals surface area contributed by atoms with Crippen molar-refractivity contribution in [3.05, 3.63) is 91.7 Å². The lowest BCUT2D eigenvalue weighted by atomic mass is 10.2. The SMILES string of the molecule is CCOc1cc(C=Nn2c(-c3cc4cc(Cl)ccc4o3)nc3ccccc3c2=O)cc([N+](=O)[O-])c1OCC(N)=O. The molecule has 2 heterocycles. The topological polar surface area (TPSA) is 165 Å². The summed E-state index contributed by atoms with van der Waals surface area (Å²) >= 11 is 6.12. The molecule has 0 saturated heterocycles. The van der Waals surface area contributed by atoms with E-state index >= 15 is 0 Å². The van der Waals surface area contributed by atoms with E-state index in [1.54, 1.807) is 55.5 Å². The third-order valence-corrected chi connectivity index (χ3v) is 5.92. The van der Waals surface area contributed by atoms with Crippen molar-refractivity contribution >= 4 is 51.3 Å². The van der Waals surface area contributed by atoms with Crippen molar-refractivity contribution in [2.24, 2.45) is 10.8 Å². The number of nitrogens with two attached hydrogens (primary N) is 1. The first-order chi connectivity index (χ1) is 19.2. The molecule has 0 aliphatic heterocycles. The van der Waals surface area contributed by atoms with Crippen molar-refractivity contribution in [1.29, 1.82) is 0 Å². The molecule has 3 aromatic carbocycles. The fourth-order valence-electron chi connectivity index (χ4n) is 4.01. The highest BCUT2D eigenvalue weighted by Gasteiger charge is 2.23. The van der Waals surface area contributed by atoms with Crippen molar-refractivity contribution in [3.8, 4) is 23.1 Å². The Labute approximate surface area is 230 Å². The van der Waals surface area contributed by atoms with E-state index in [1.807, 2.05) is 0 Å². The lowest BCUT2D eigenvalue weighted by molar-refractivity contribution is -0.385. The number of benzene rings is 3. The maximum Gasteiger partial charge on any atom is 0.315 e. The number of rotatable bonds is 9. The second-order valence-electron chi connectivity index (χ2n) is 8.42. The van der Waals surface area contributed by atoms with Crippen molar-refractivity contribution in [2.75, 3.05) is 13.2 Å². The smallest absolute Gasteiger partial charge is 0.315 e. The number of nitro benzene ring substituents is 1. The lowest BCUT2D eigenvalue weighted by Gasteiger charge is -2.12. The summed E-state index contributed by atoms with van der Waals surface area (Å²) in [5, 5.41) is 17.7. The van der Waals surface area contributed by atoms with Crippen LogP contribution in [0.3, 0.4) is 0 Å². The number of aromatic nitrogens is 2. The van der Waals surface area contributed by atoms with Gasteiger partial charge in [-0.05, 0) is 49.4 Å². The van der Waals surface area contributed by atoms with E-state index in [0.29, 0.717) is 26.9 Å². The van der Waals surface area contributed by atoms with Gasteiger partial charge in [0.15, 0.2) is 18.1 Å². The molecule has 0 unspecified atom stereocenters. The number of carbonyl (C=O) groups excluding carboxylic acids is 1. The number of ether oxygens (including phenoxy) is 2. The highest BCUT2D eigenvalue weighted by molar-refractivity contribution is 6.31. The number of hydrogen-bond donors (Lipinski definition) is 1. The van der Waals surface area contributed by atoms with Crippen LogP contribution < -0.4 is 20.8 Å². The molecule has 1 amide bonds. The van der Waals surface area contributed by atoms with E-state index < -0.39 is 28.7 Å². The minimum atomic E-state index is -0.814. The molecular weight excluding hydrogens is 542 g/mol. The molecule has 0 bridgehead atoms. The van der Waals surface area contributed by atoms with Crippen molar-refractivity contribution in [3.63, 3.8) is 0 Å². The minimum absolute atomic E-state index is 0.00207. The number of furan rings is 1. The molecule has 0 aliphatic carbocycles. The van der Waals surface area contributed by atoms with Gasteiger partial charge in [-0.25, -0.2) is 4.98 Å². The number of nitro groups is 1. The van der Waals surface area contributed by atoms with Crippen LogP contribution in [0.2, 0.25) is 5.02 Å². The van der Waals surface area contributed by atoms with Gasteiger partial charge in [-0.15, -0.1) is 0 Å². The Balaban J connectivity index is 1.67. The molecule has 5 rings (SSSR count). The van der Waals surface area contributed by atoms with Crippen LogP contribution in [-0.4, -0.2) is 39.9 Å². The van der Waals surface area contributed by atoms with Gasteiger partial charge < -0.3 is 19.6 Å². The van der Waals surface area contributed by atoms with Gasteiger partial charge in [-0.3, -0.25) is 19.7 Å². The summed E-state index contributed by atoms with van der Waals surface area (Å²) in [4.78, 5) is 40.5. The largest absolute Gasteiger partial charge is 0.490 e. The predicted octanol–water partition coefficient (Wildman–Crippen LogP) is 4.52. The monoisotopic (exact) mass is 561 g/mol. The van der Waals surface area contributed by atoms with Gasteiger partial charge in [0.1, 0.15) is 5.58 Å². The summed E-state index contributed by atoms with van der Waals surface area (Å²) in [6, 6.07) is 16.1. The molecule has 12 nitrogen and oxygen atoms in total. The molecule has 0 spiro atoms. The molecule has 0 atom stereocenters. The van der Waals surface area contributed by atoms with Gasteiger partial charge in [0.25, 0.3) is 11.5 Å². The quantitative estimate of drug-likeness (QED) is 0.156. The molecule has 5 aromatic rings. The lowest BCUT2D eigenvalue weighted by Crippen LogP contribution is -2.21. The highest BCUT2D eigenvalue weighted by Crippen LogP contribution is 2.38. The van der Waals surface area contributed by atoms with Gasteiger partial charge in [-0.2, -0.15) is 9.78 Å². The Kier molecular flexibility index (Phi) is 7.17. The number of para-hydroxylation sites is 1. The van der Waals surface area contributed by atoms with Crippen LogP contribution in [0.25, 0.3) is 33.5 Å². The molecular formula is C27H20ClN5O7. The van der Waals surface area contributed by atoms with E-state index in [1.165, 1.54) is 18.3 Å². The van der Waals surface area contributed by atoms with E-state index in [-0.39, 0.29) is 35.3 Å². The van der Waals surface area contributed by atoms with Crippen molar-refractivity contribution in [2.45, 2.75) is 6.92 Å². The van der Waals surface area contributed by atoms with Crippen LogP contribution >= 0.6 is 11.6 Å². The zero-order chi connectivity index (χ0) is 28.4. The first kappa shape index (κ1) is 26.4. The number of primary amides is 1. The number of carbonyl (C=O) groups is 1. The van der Waals surface area contributed by atoms with Gasteiger partial charge in [0.2, 0.25) is 11.6 Å². The average Bonchev–Trinajstić information content (AvgIpc) is 3.34. The third kappa shape index (κ3) is 5.20.